The predicted octanol–water partition coefficient (Wildman–Crippen LogP) is 7.83. The molecule has 5 rings (SSSR count). The number of ether oxygens (including phenoxy) is 3. The summed E-state index contributed by atoms with van der Waals surface area (Å²) in [5.41, 5.74) is 4.44. The van der Waals surface area contributed by atoms with Crippen LogP contribution in [0.1, 0.15) is 16.7 Å². The Balaban J connectivity index is 1.54. The molecule has 0 saturated heterocycles. The van der Waals surface area contributed by atoms with Crippen molar-refractivity contribution in [3.63, 3.8) is 0 Å². The largest absolute Gasteiger partial charge is 0.497 e. The summed E-state index contributed by atoms with van der Waals surface area (Å²) in [6, 6.07) is 34.9. The summed E-state index contributed by atoms with van der Waals surface area (Å²) in [5, 5.41) is 10.2. The number of hydrogen-bond acceptors (Lipinski definition) is 6. The highest BCUT2D eigenvalue weighted by atomic mass is 16.5. The average molecular weight is 515 g/mol. The minimum absolute atomic E-state index is 0.215. The number of hydrogen-bond donors (Lipinski definition) is 0. The molecule has 0 aliphatic heterocycles. The van der Waals surface area contributed by atoms with E-state index in [4.69, 9.17) is 18.6 Å². The molecule has 0 radical (unpaired) electrons. The van der Waals surface area contributed by atoms with Crippen molar-refractivity contribution in [1.29, 1.82) is 5.26 Å². The molecule has 6 nitrogen and oxygen atoms in total. The standard InChI is InChI=1S/C33H26N2O4/c1-36-27-16-12-24(13-17-27)31-29(20-34)33(39-32(31)25-14-18-28(37-2)19-15-25)35-21-26-10-6-7-11-30(26)38-22-23-8-4-3-5-9-23/h3-19,21H,22H2,1-2H3/b35-21+. The molecule has 6 heteroatoms. The predicted molar refractivity (Wildman–Crippen MR) is 152 cm³/mol. The van der Waals surface area contributed by atoms with Gasteiger partial charge in [0.05, 0.1) is 14.2 Å². The van der Waals surface area contributed by atoms with E-state index in [0.717, 1.165) is 33.8 Å². The first-order valence-corrected chi connectivity index (χ1v) is 12.4. The van der Waals surface area contributed by atoms with Crippen LogP contribution in [-0.4, -0.2) is 20.4 Å². The molecule has 0 saturated carbocycles. The van der Waals surface area contributed by atoms with E-state index >= 15 is 0 Å². The van der Waals surface area contributed by atoms with E-state index in [9.17, 15) is 5.26 Å². The van der Waals surface area contributed by atoms with Gasteiger partial charge >= 0.3 is 0 Å². The molecule has 5 aromatic rings. The summed E-state index contributed by atoms with van der Waals surface area (Å²) < 4.78 is 23.0. The second-order valence-corrected chi connectivity index (χ2v) is 8.63. The minimum atomic E-state index is 0.215. The maximum Gasteiger partial charge on any atom is 0.238 e. The SMILES string of the molecule is COc1ccc(-c2oc(/N=C/c3ccccc3OCc3ccccc3)c(C#N)c2-c2ccc(OC)cc2)cc1. The molecule has 1 aromatic heterocycles. The molecule has 0 N–H and O–H groups in total. The van der Waals surface area contributed by atoms with Crippen molar-refractivity contribution in [2.45, 2.75) is 6.61 Å². The summed E-state index contributed by atoms with van der Waals surface area (Å²) in [5.74, 6) is 2.88. The van der Waals surface area contributed by atoms with E-state index in [-0.39, 0.29) is 5.88 Å². The smallest absolute Gasteiger partial charge is 0.238 e. The molecular formula is C33H26N2O4. The van der Waals surface area contributed by atoms with E-state index < -0.39 is 0 Å². The van der Waals surface area contributed by atoms with Crippen molar-refractivity contribution in [3.8, 4) is 45.8 Å². The number of methoxy groups -OCH3 is 2. The zero-order chi connectivity index (χ0) is 27.0. The van der Waals surface area contributed by atoms with Gasteiger partial charge in [0.2, 0.25) is 5.88 Å². The molecule has 0 aliphatic rings. The number of nitrogens with zero attached hydrogens (tertiary/aromatic N) is 2. The molecule has 0 atom stereocenters. The van der Waals surface area contributed by atoms with Gasteiger partial charge in [0.1, 0.15) is 41.2 Å². The third-order valence-corrected chi connectivity index (χ3v) is 6.21. The summed E-state index contributed by atoms with van der Waals surface area (Å²) >= 11 is 0. The average Bonchev–Trinajstić information content (AvgIpc) is 3.38. The first kappa shape index (κ1) is 25.4. The van der Waals surface area contributed by atoms with Crippen LogP contribution in [0.15, 0.2) is 113 Å². The Kier molecular flexibility index (Phi) is 7.71. The Hall–Kier alpha value is -5.28. The van der Waals surface area contributed by atoms with Gasteiger partial charge in [-0.05, 0) is 59.7 Å². The molecule has 0 fully saturated rings. The van der Waals surface area contributed by atoms with Crippen LogP contribution < -0.4 is 14.2 Å². The first-order valence-electron chi connectivity index (χ1n) is 12.4. The zero-order valence-electron chi connectivity index (χ0n) is 21.6. The van der Waals surface area contributed by atoms with Crippen LogP contribution in [0.2, 0.25) is 0 Å². The van der Waals surface area contributed by atoms with Gasteiger partial charge in [0.15, 0.2) is 0 Å². The van der Waals surface area contributed by atoms with Crippen molar-refractivity contribution in [3.05, 3.63) is 120 Å². The summed E-state index contributed by atoms with van der Waals surface area (Å²) in [7, 11) is 3.23. The fourth-order valence-electron chi connectivity index (χ4n) is 4.17. The molecule has 0 spiro atoms. The molecule has 1 heterocycles. The van der Waals surface area contributed by atoms with Gasteiger partial charge in [-0.2, -0.15) is 5.26 Å². The fraction of sp³-hybridized carbons (Fsp3) is 0.0909. The van der Waals surface area contributed by atoms with Crippen molar-refractivity contribution in [2.75, 3.05) is 14.2 Å². The van der Waals surface area contributed by atoms with Crippen molar-refractivity contribution >= 4 is 12.1 Å². The quantitative estimate of drug-likeness (QED) is 0.187. The van der Waals surface area contributed by atoms with Crippen molar-refractivity contribution < 1.29 is 18.6 Å². The lowest BCUT2D eigenvalue weighted by Gasteiger charge is -2.08. The molecule has 0 amide bonds. The van der Waals surface area contributed by atoms with Crippen LogP contribution in [0.5, 0.6) is 17.2 Å². The molecule has 4 aromatic carbocycles. The maximum atomic E-state index is 10.2. The van der Waals surface area contributed by atoms with E-state index in [2.05, 4.69) is 11.1 Å². The van der Waals surface area contributed by atoms with E-state index in [1.54, 1.807) is 20.4 Å². The second kappa shape index (κ2) is 11.8. The van der Waals surface area contributed by atoms with Crippen LogP contribution >= 0.6 is 0 Å². The Morgan fingerprint density at radius 1 is 0.769 bits per heavy atom. The molecule has 0 bridgehead atoms. The topological polar surface area (TPSA) is 77.0 Å². The van der Waals surface area contributed by atoms with Crippen molar-refractivity contribution in [1.82, 2.24) is 0 Å². The van der Waals surface area contributed by atoms with E-state index in [1.165, 1.54) is 0 Å². The third kappa shape index (κ3) is 5.68. The Labute approximate surface area is 227 Å². The highest BCUT2D eigenvalue weighted by molar-refractivity contribution is 5.91. The molecule has 0 unspecified atom stereocenters. The zero-order valence-corrected chi connectivity index (χ0v) is 21.6. The number of aliphatic imine (C=N–C) groups is 1. The van der Waals surface area contributed by atoms with Gasteiger partial charge in [-0.15, -0.1) is 0 Å². The monoisotopic (exact) mass is 514 g/mol. The lowest BCUT2D eigenvalue weighted by atomic mass is 9.98. The Morgan fingerprint density at radius 2 is 1.38 bits per heavy atom. The lowest BCUT2D eigenvalue weighted by molar-refractivity contribution is 0.306. The van der Waals surface area contributed by atoms with E-state index in [0.29, 0.717) is 29.2 Å². The van der Waals surface area contributed by atoms with Gasteiger partial charge < -0.3 is 18.6 Å². The second-order valence-electron chi connectivity index (χ2n) is 8.63. The van der Waals surface area contributed by atoms with Gasteiger partial charge in [0.25, 0.3) is 0 Å². The number of nitriles is 1. The molecule has 192 valence electrons. The van der Waals surface area contributed by atoms with Crippen LogP contribution in [0.3, 0.4) is 0 Å². The Morgan fingerprint density at radius 3 is 2.03 bits per heavy atom. The molecule has 0 aliphatic carbocycles. The van der Waals surface area contributed by atoms with Crippen LogP contribution in [0.4, 0.5) is 5.88 Å². The highest BCUT2D eigenvalue weighted by Crippen LogP contribution is 2.43. The minimum Gasteiger partial charge on any atom is -0.497 e. The van der Waals surface area contributed by atoms with E-state index in [1.807, 2.05) is 103 Å². The fourth-order valence-corrected chi connectivity index (χ4v) is 4.17. The molecular weight excluding hydrogens is 488 g/mol. The summed E-state index contributed by atoms with van der Waals surface area (Å²) in [6.07, 6.45) is 1.66. The Bertz CT molecular complexity index is 1610. The number of para-hydroxylation sites is 1. The van der Waals surface area contributed by atoms with Crippen molar-refractivity contribution in [2.24, 2.45) is 4.99 Å². The van der Waals surface area contributed by atoms with Gasteiger partial charge in [0, 0.05) is 22.9 Å². The van der Waals surface area contributed by atoms with Crippen LogP contribution in [-0.2, 0) is 6.61 Å². The number of furan rings is 1. The number of rotatable bonds is 9. The summed E-state index contributed by atoms with van der Waals surface area (Å²) in [4.78, 5) is 4.62. The first-order chi connectivity index (χ1) is 19.2. The van der Waals surface area contributed by atoms with Crippen LogP contribution in [0, 0.1) is 11.3 Å². The van der Waals surface area contributed by atoms with Gasteiger partial charge in [-0.1, -0.05) is 54.6 Å². The van der Waals surface area contributed by atoms with Crippen LogP contribution in [0.25, 0.3) is 22.5 Å². The van der Waals surface area contributed by atoms with Gasteiger partial charge in [-0.3, -0.25) is 0 Å². The highest BCUT2D eigenvalue weighted by Gasteiger charge is 2.23. The normalized spacial score (nSPS) is 10.8. The lowest BCUT2D eigenvalue weighted by Crippen LogP contribution is -1.98. The summed E-state index contributed by atoms with van der Waals surface area (Å²) in [6.45, 7) is 0.430. The molecule has 39 heavy (non-hydrogen) atoms. The van der Waals surface area contributed by atoms with Gasteiger partial charge in [-0.25, -0.2) is 4.99 Å². The third-order valence-electron chi connectivity index (χ3n) is 6.21. The number of benzene rings is 4. The maximum absolute atomic E-state index is 10.2.